The number of rotatable bonds is 6. The molecule has 0 bridgehead atoms. The highest BCUT2D eigenvalue weighted by Crippen LogP contribution is 2.20. The smallest absolute Gasteiger partial charge is 0.127 e. The van der Waals surface area contributed by atoms with Crippen LogP contribution in [0.3, 0.4) is 0 Å². The first-order chi connectivity index (χ1) is 7.61. The monoisotopic (exact) mass is 243 g/mol. The van der Waals surface area contributed by atoms with Crippen LogP contribution in [0.2, 0.25) is 5.02 Å². The van der Waals surface area contributed by atoms with E-state index in [1.165, 1.54) is 6.07 Å². The summed E-state index contributed by atoms with van der Waals surface area (Å²) in [5.41, 5.74) is 0.635. The Hall–Kier alpha value is -0.600. The Labute approximate surface area is 102 Å². The second kappa shape index (κ2) is 6.87. The Morgan fingerprint density at radius 3 is 2.75 bits per heavy atom. The summed E-state index contributed by atoms with van der Waals surface area (Å²) >= 11 is 5.93. The lowest BCUT2D eigenvalue weighted by Crippen LogP contribution is -2.21. The molecule has 0 aliphatic rings. The minimum Gasteiger partial charge on any atom is -0.316 e. The van der Waals surface area contributed by atoms with E-state index in [1.807, 2.05) is 0 Å². The van der Waals surface area contributed by atoms with E-state index >= 15 is 0 Å². The summed E-state index contributed by atoms with van der Waals surface area (Å²) in [6.45, 7) is 6.25. The van der Waals surface area contributed by atoms with Gasteiger partial charge in [-0.15, -0.1) is 0 Å². The molecule has 0 heterocycles. The van der Waals surface area contributed by atoms with E-state index in [0.717, 1.165) is 19.5 Å². The number of hydrogen-bond donors (Lipinski definition) is 1. The van der Waals surface area contributed by atoms with Gasteiger partial charge in [-0.05, 0) is 44.0 Å². The molecule has 3 heteroatoms. The molecule has 0 aliphatic heterocycles. The van der Waals surface area contributed by atoms with Crippen molar-refractivity contribution in [1.29, 1.82) is 0 Å². The predicted molar refractivity (Wildman–Crippen MR) is 67.4 cm³/mol. The molecule has 0 fully saturated rings. The van der Waals surface area contributed by atoms with Crippen molar-refractivity contribution in [2.45, 2.75) is 26.7 Å². The Kier molecular flexibility index (Phi) is 5.78. The Morgan fingerprint density at radius 2 is 2.12 bits per heavy atom. The van der Waals surface area contributed by atoms with Gasteiger partial charge in [0.1, 0.15) is 5.82 Å². The summed E-state index contributed by atoms with van der Waals surface area (Å²) in [5, 5.41) is 3.86. The van der Waals surface area contributed by atoms with Gasteiger partial charge in [-0.1, -0.05) is 31.5 Å². The molecule has 90 valence electrons. The quantitative estimate of drug-likeness (QED) is 0.752. The summed E-state index contributed by atoms with van der Waals surface area (Å²) in [5.74, 6) is 0.452. The van der Waals surface area contributed by atoms with Crippen LogP contribution in [-0.4, -0.2) is 13.1 Å². The van der Waals surface area contributed by atoms with E-state index in [-0.39, 0.29) is 5.82 Å². The van der Waals surface area contributed by atoms with Gasteiger partial charge >= 0.3 is 0 Å². The van der Waals surface area contributed by atoms with Gasteiger partial charge in [0.05, 0.1) is 0 Å². The minimum absolute atomic E-state index is 0.198. The van der Waals surface area contributed by atoms with Crippen LogP contribution in [-0.2, 0) is 6.42 Å². The van der Waals surface area contributed by atoms with Crippen molar-refractivity contribution in [2.75, 3.05) is 13.1 Å². The Morgan fingerprint density at radius 1 is 1.38 bits per heavy atom. The van der Waals surface area contributed by atoms with Gasteiger partial charge in [-0.25, -0.2) is 4.39 Å². The van der Waals surface area contributed by atoms with Crippen LogP contribution >= 0.6 is 11.6 Å². The third-order valence-corrected chi connectivity index (χ3v) is 2.75. The molecule has 0 radical (unpaired) electrons. The third-order valence-electron chi connectivity index (χ3n) is 2.39. The van der Waals surface area contributed by atoms with Crippen LogP contribution in [0.1, 0.15) is 25.8 Å². The fourth-order valence-electron chi connectivity index (χ4n) is 1.55. The fraction of sp³-hybridized carbons (Fsp3) is 0.538. The average Bonchev–Trinajstić information content (AvgIpc) is 2.21. The zero-order valence-corrected chi connectivity index (χ0v) is 10.6. The molecule has 1 aromatic rings. The molecular weight excluding hydrogens is 225 g/mol. The second-order valence-electron chi connectivity index (χ2n) is 4.40. The van der Waals surface area contributed by atoms with Crippen LogP contribution in [0.5, 0.6) is 0 Å². The maximum atomic E-state index is 13.4. The van der Waals surface area contributed by atoms with Crippen LogP contribution in [0.25, 0.3) is 0 Å². The molecule has 1 nitrogen and oxygen atoms in total. The average molecular weight is 244 g/mol. The maximum absolute atomic E-state index is 13.4. The molecule has 16 heavy (non-hydrogen) atoms. The first kappa shape index (κ1) is 13.5. The first-order valence-corrected chi connectivity index (χ1v) is 6.12. The molecule has 0 saturated carbocycles. The number of halogens is 2. The summed E-state index contributed by atoms with van der Waals surface area (Å²) in [6.07, 6.45) is 1.60. The number of benzene rings is 1. The van der Waals surface area contributed by atoms with Gasteiger partial charge in [0, 0.05) is 10.6 Å². The van der Waals surface area contributed by atoms with Gasteiger partial charge in [-0.2, -0.15) is 0 Å². The molecule has 0 atom stereocenters. The standard InChI is InChI=1S/C13H19ClFN/c1-10(2)9-16-8-4-5-11-12(14)6-3-7-13(11)15/h3,6-7,10,16H,4-5,8-9H2,1-2H3. The molecule has 1 rings (SSSR count). The second-order valence-corrected chi connectivity index (χ2v) is 4.81. The van der Waals surface area contributed by atoms with E-state index in [4.69, 9.17) is 11.6 Å². The maximum Gasteiger partial charge on any atom is 0.127 e. The molecule has 0 aromatic heterocycles. The van der Waals surface area contributed by atoms with Crippen molar-refractivity contribution in [3.8, 4) is 0 Å². The van der Waals surface area contributed by atoms with Crippen molar-refractivity contribution in [3.63, 3.8) is 0 Å². The molecule has 1 N–H and O–H groups in total. The van der Waals surface area contributed by atoms with Gasteiger partial charge in [-0.3, -0.25) is 0 Å². The highest BCUT2D eigenvalue weighted by molar-refractivity contribution is 6.31. The normalized spacial score (nSPS) is 11.1. The van der Waals surface area contributed by atoms with E-state index in [2.05, 4.69) is 19.2 Å². The summed E-state index contributed by atoms with van der Waals surface area (Å²) in [4.78, 5) is 0. The van der Waals surface area contributed by atoms with E-state index in [9.17, 15) is 4.39 Å². The Bertz CT molecular complexity index is 305. The molecule has 0 amide bonds. The van der Waals surface area contributed by atoms with E-state index < -0.39 is 0 Å². The molecule has 1 aromatic carbocycles. The van der Waals surface area contributed by atoms with E-state index in [0.29, 0.717) is 22.9 Å². The van der Waals surface area contributed by atoms with Crippen LogP contribution in [0.15, 0.2) is 18.2 Å². The van der Waals surface area contributed by atoms with Gasteiger partial charge in [0.25, 0.3) is 0 Å². The first-order valence-electron chi connectivity index (χ1n) is 5.75. The van der Waals surface area contributed by atoms with E-state index in [1.54, 1.807) is 12.1 Å². The highest BCUT2D eigenvalue weighted by Gasteiger charge is 2.05. The van der Waals surface area contributed by atoms with Crippen LogP contribution in [0.4, 0.5) is 4.39 Å². The molecule has 0 spiro atoms. The number of nitrogens with one attached hydrogen (secondary N) is 1. The zero-order chi connectivity index (χ0) is 12.0. The lowest BCUT2D eigenvalue weighted by atomic mass is 10.1. The van der Waals surface area contributed by atoms with Crippen LogP contribution in [0, 0.1) is 11.7 Å². The third kappa shape index (κ3) is 4.50. The summed E-state index contributed by atoms with van der Waals surface area (Å²) < 4.78 is 13.4. The Balaban J connectivity index is 2.32. The fourth-order valence-corrected chi connectivity index (χ4v) is 1.81. The summed E-state index contributed by atoms with van der Waals surface area (Å²) in [6, 6.07) is 4.84. The van der Waals surface area contributed by atoms with Crippen molar-refractivity contribution >= 4 is 11.6 Å². The van der Waals surface area contributed by atoms with Crippen molar-refractivity contribution in [1.82, 2.24) is 5.32 Å². The molecular formula is C13H19ClFN. The minimum atomic E-state index is -0.198. The van der Waals surface area contributed by atoms with Gasteiger partial charge in [0.15, 0.2) is 0 Å². The highest BCUT2D eigenvalue weighted by atomic mass is 35.5. The van der Waals surface area contributed by atoms with Gasteiger partial charge < -0.3 is 5.32 Å². The SMILES string of the molecule is CC(C)CNCCCc1c(F)cccc1Cl. The predicted octanol–water partition coefficient (Wildman–Crippen LogP) is 3.66. The largest absolute Gasteiger partial charge is 0.316 e. The lowest BCUT2D eigenvalue weighted by Gasteiger charge is -2.08. The molecule has 0 saturated heterocycles. The number of hydrogen-bond acceptors (Lipinski definition) is 1. The zero-order valence-electron chi connectivity index (χ0n) is 9.89. The lowest BCUT2D eigenvalue weighted by molar-refractivity contribution is 0.538. The topological polar surface area (TPSA) is 12.0 Å². The van der Waals surface area contributed by atoms with Crippen molar-refractivity contribution in [2.24, 2.45) is 5.92 Å². The summed E-state index contributed by atoms with van der Waals surface area (Å²) in [7, 11) is 0. The van der Waals surface area contributed by atoms with Crippen molar-refractivity contribution in [3.05, 3.63) is 34.6 Å². The van der Waals surface area contributed by atoms with Crippen molar-refractivity contribution < 1.29 is 4.39 Å². The molecule has 0 unspecified atom stereocenters. The van der Waals surface area contributed by atoms with Crippen LogP contribution < -0.4 is 5.32 Å². The molecule has 0 aliphatic carbocycles. The van der Waals surface area contributed by atoms with Gasteiger partial charge in [0.2, 0.25) is 0 Å².